The van der Waals surface area contributed by atoms with Gasteiger partial charge in [0.15, 0.2) is 0 Å². The van der Waals surface area contributed by atoms with E-state index in [1.54, 1.807) is 0 Å². The van der Waals surface area contributed by atoms with E-state index in [2.05, 4.69) is 25.3 Å². The van der Waals surface area contributed by atoms with E-state index in [9.17, 15) is 0 Å². The summed E-state index contributed by atoms with van der Waals surface area (Å²) in [6.07, 6.45) is 10.3. The molecule has 0 bridgehead atoms. The number of hydrogen-bond acceptors (Lipinski definition) is 1. The van der Waals surface area contributed by atoms with Crippen molar-refractivity contribution in [3.63, 3.8) is 0 Å². The largest absolute Gasteiger partial charge is 0.327 e. The zero-order valence-electron chi connectivity index (χ0n) is 9.34. The first-order valence-corrected chi connectivity index (χ1v) is 5.85. The van der Waals surface area contributed by atoms with Crippen LogP contribution in [0.15, 0.2) is 18.4 Å². The predicted molar refractivity (Wildman–Crippen MR) is 62.0 cm³/mol. The van der Waals surface area contributed by atoms with Crippen molar-refractivity contribution < 1.29 is 0 Å². The summed E-state index contributed by atoms with van der Waals surface area (Å²) in [4.78, 5) is 0. The molecule has 1 nitrogen and oxygen atoms in total. The lowest BCUT2D eigenvalue weighted by atomic mass is 9.81. The minimum Gasteiger partial charge on any atom is -0.327 e. The summed E-state index contributed by atoms with van der Waals surface area (Å²) >= 11 is 0. The second kappa shape index (κ2) is 6.06. The highest BCUT2D eigenvalue weighted by Crippen LogP contribution is 2.30. The molecule has 0 aliphatic heterocycles. The van der Waals surface area contributed by atoms with Crippen LogP contribution in [0.25, 0.3) is 0 Å². The van der Waals surface area contributed by atoms with Gasteiger partial charge < -0.3 is 5.73 Å². The molecule has 0 aromatic heterocycles. The first kappa shape index (κ1) is 11.6. The molecule has 0 amide bonds. The quantitative estimate of drug-likeness (QED) is 0.681. The van der Waals surface area contributed by atoms with Crippen LogP contribution in [0, 0.1) is 11.8 Å². The zero-order chi connectivity index (χ0) is 10.4. The van der Waals surface area contributed by atoms with E-state index in [0.29, 0.717) is 5.92 Å². The van der Waals surface area contributed by atoms with Gasteiger partial charge in [-0.1, -0.05) is 38.7 Å². The van der Waals surface area contributed by atoms with Crippen LogP contribution >= 0.6 is 0 Å². The molecule has 1 aliphatic carbocycles. The Morgan fingerprint density at radius 2 is 2.07 bits per heavy atom. The third kappa shape index (κ3) is 3.69. The minimum atomic E-state index is 0.242. The molecule has 0 spiro atoms. The van der Waals surface area contributed by atoms with Crippen LogP contribution in [0.1, 0.15) is 45.4 Å². The molecule has 0 heterocycles. The summed E-state index contributed by atoms with van der Waals surface area (Å²) in [7, 11) is 0. The van der Waals surface area contributed by atoms with Crippen molar-refractivity contribution in [3.8, 4) is 0 Å². The lowest BCUT2D eigenvalue weighted by Gasteiger charge is -2.26. The van der Waals surface area contributed by atoms with Gasteiger partial charge in [0.1, 0.15) is 0 Å². The normalized spacial score (nSPS) is 22.4. The lowest BCUT2D eigenvalue weighted by Crippen LogP contribution is -2.27. The number of rotatable bonds is 4. The van der Waals surface area contributed by atoms with Gasteiger partial charge in [0.25, 0.3) is 0 Å². The zero-order valence-corrected chi connectivity index (χ0v) is 9.34. The van der Waals surface area contributed by atoms with Gasteiger partial charge in [-0.2, -0.15) is 0 Å². The van der Waals surface area contributed by atoms with Crippen LogP contribution in [0.2, 0.25) is 0 Å². The van der Waals surface area contributed by atoms with E-state index in [4.69, 9.17) is 5.73 Å². The second-order valence-corrected chi connectivity index (χ2v) is 4.63. The Kier molecular flexibility index (Phi) is 5.00. The van der Waals surface area contributed by atoms with Gasteiger partial charge in [-0.15, -0.1) is 5.73 Å². The van der Waals surface area contributed by atoms with Crippen molar-refractivity contribution in [1.82, 2.24) is 0 Å². The highest BCUT2D eigenvalue weighted by molar-refractivity contribution is 4.90. The molecule has 0 saturated heterocycles. The summed E-state index contributed by atoms with van der Waals surface area (Å²) in [6, 6.07) is 0.242. The SMILES string of the molecule is C=C=C[C@@H](CC1CCCCC1)C(C)N. The molecule has 80 valence electrons. The molecule has 1 rings (SSSR count). The summed E-state index contributed by atoms with van der Waals surface area (Å²) in [5.74, 6) is 1.37. The lowest BCUT2D eigenvalue weighted by molar-refractivity contribution is 0.295. The summed E-state index contributed by atoms with van der Waals surface area (Å²) in [6.45, 7) is 5.72. The smallest absolute Gasteiger partial charge is 0.00796 e. The van der Waals surface area contributed by atoms with E-state index in [1.807, 2.05) is 0 Å². The van der Waals surface area contributed by atoms with Crippen molar-refractivity contribution in [1.29, 1.82) is 0 Å². The van der Waals surface area contributed by atoms with Gasteiger partial charge in [0.2, 0.25) is 0 Å². The van der Waals surface area contributed by atoms with Crippen molar-refractivity contribution in [2.24, 2.45) is 17.6 Å². The van der Waals surface area contributed by atoms with E-state index in [0.717, 1.165) is 5.92 Å². The fraction of sp³-hybridized carbons (Fsp3) is 0.769. The molecule has 0 radical (unpaired) electrons. The average Bonchev–Trinajstić information content (AvgIpc) is 2.18. The van der Waals surface area contributed by atoms with E-state index in [1.165, 1.54) is 38.5 Å². The molecule has 1 saturated carbocycles. The monoisotopic (exact) mass is 193 g/mol. The van der Waals surface area contributed by atoms with Gasteiger partial charge in [-0.05, 0) is 31.3 Å². The first-order chi connectivity index (χ1) is 6.74. The number of hydrogen-bond donors (Lipinski definition) is 1. The third-order valence-electron chi connectivity index (χ3n) is 3.34. The fourth-order valence-corrected chi connectivity index (χ4v) is 2.39. The second-order valence-electron chi connectivity index (χ2n) is 4.63. The molecule has 1 unspecified atom stereocenters. The van der Waals surface area contributed by atoms with E-state index in [-0.39, 0.29) is 6.04 Å². The molecule has 2 N–H and O–H groups in total. The molecule has 2 atom stereocenters. The van der Waals surface area contributed by atoms with Crippen LogP contribution in [0.3, 0.4) is 0 Å². The minimum absolute atomic E-state index is 0.242. The summed E-state index contributed by atoms with van der Waals surface area (Å²) < 4.78 is 0. The van der Waals surface area contributed by atoms with E-state index < -0.39 is 0 Å². The Balaban J connectivity index is 2.41. The Labute approximate surface area is 88.1 Å². The standard InChI is InChI=1S/C13H23N/c1-3-7-13(11(2)14)10-12-8-5-4-6-9-12/h7,11-13H,1,4-6,8-10,14H2,2H3/t11?,13-/m0/s1. The van der Waals surface area contributed by atoms with Gasteiger partial charge in [0, 0.05) is 6.04 Å². The average molecular weight is 193 g/mol. The molecule has 0 aromatic rings. The molecule has 1 heteroatoms. The van der Waals surface area contributed by atoms with Crippen LogP contribution in [0.5, 0.6) is 0 Å². The number of nitrogens with two attached hydrogens (primary N) is 1. The summed E-state index contributed by atoms with van der Waals surface area (Å²) in [5.41, 5.74) is 8.82. The molecule has 14 heavy (non-hydrogen) atoms. The molecule has 1 aliphatic rings. The molecular formula is C13H23N. The maximum absolute atomic E-state index is 5.94. The van der Waals surface area contributed by atoms with Gasteiger partial charge in [-0.3, -0.25) is 0 Å². The summed E-state index contributed by atoms with van der Waals surface area (Å²) in [5, 5.41) is 0. The van der Waals surface area contributed by atoms with Crippen molar-refractivity contribution >= 4 is 0 Å². The Bertz CT molecular complexity index is 195. The first-order valence-electron chi connectivity index (χ1n) is 5.85. The van der Waals surface area contributed by atoms with Gasteiger partial charge in [-0.25, -0.2) is 0 Å². The van der Waals surface area contributed by atoms with Crippen molar-refractivity contribution in [2.75, 3.05) is 0 Å². The topological polar surface area (TPSA) is 26.0 Å². The highest BCUT2D eigenvalue weighted by Gasteiger charge is 2.19. The van der Waals surface area contributed by atoms with Crippen molar-refractivity contribution in [2.45, 2.75) is 51.5 Å². The third-order valence-corrected chi connectivity index (χ3v) is 3.34. The van der Waals surface area contributed by atoms with Gasteiger partial charge >= 0.3 is 0 Å². The molecule has 0 aromatic carbocycles. The maximum atomic E-state index is 5.94. The van der Waals surface area contributed by atoms with Crippen LogP contribution in [0.4, 0.5) is 0 Å². The predicted octanol–water partition coefficient (Wildman–Crippen LogP) is 3.26. The Hall–Kier alpha value is -0.520. The molecule has 1 fully saturated rings. The van der Waals surface area contributed by atoms with Crippen molar-refractivity contribution in [3.05, 3.63) is 18.4 Å². The maximum Gasteiger partial charge on any atom is 0.00796 e. The van der Waals surface area contributed by atoms with Crippen LogP contribution in [-0.4, -0.2) is 6.04 Å². The van der Waals surface area contributed by atoms with Crippen LogP contribution in [-0.2, 0) is 0 Å². The Morgan fingerprint density at radius 1 is 1.43 bits per heavy atom. The molecular weight excluding hydrogens is 170 g/mol. The Morgan fingerprint density at radius 3 is 2.57 bits per heavy atom. The van der Waals surface area contributed by atoms with Crippen LogP contribution < -0.4 is 5.73 Å². The van der Waals surface area contributed by atoms with Gasteiger partial charge in [0.05, 0.1) is 0 Å². The van der Waals surface area contributed by atoms with E-state index >= 15 is 0 Å². The fourth-order valence-electron chi connectivity index (χ4n) is 2.39. The highest BCUT2D eigenvalue weighted by atomic mass is 14.6.